The predicted octanol–water partition coefficient (Wildman–Crippen LogP) is 3.58. The molecule has 0 radical (unpaired) electrons. The van der Waals surface area contributed by atoms with Gasteiger partial charge in [0.05, 0.1) is 0 Å². The minimum absolute atomic E-state index is 1.02. The molecule has 0 nitrogen and oxygen atoms in total. The van der Waals surface area contributed by atoms with Crippen LogP contribution in [0.3, 0.4) is 0 Å². The molecule has 0 bridgehead atoms. The summed E-state index contributed by atoms with van der Waals surface area (Å²) < 4.78 is 0. The van der Waals surface area contributed by atoms with Gasteiger partial charge in [-0.25, -0.2) is 0 Å². The first kappa shape index (κ1) is 10.2. The normalized spacial score (nSPS) is 9.00. The van der Waals surface area contributed by atoms with E-state index in [-0.39, 0.29) is 0 Å². The van der Waals surface area contributed by atoms with Gasteiger partial charge >= 0.3 is 0 Å². The fourth-order valence-electron chi connectivity index (χ4n) is 0.992. The Balaban J connectivity index is 2.16. The van der Waals surface area contributed by atoms with Crippen LogP contribution in [0.4, 0.5) is 0 Å². The fourth-order valence-corrected chi connectivity index (χ4v) is 1.87. The van der Waals surface area contributed by atoms with Crippen LogP contribution in [-0.4, -0.2) is 5.75 Å². The SMILES string of the molecule is CC#CCCCSc1ccccc1. The molecule has 13 heavy (non-hydrogen) atoms. The molecule has 0 saturated carbocycles. The highest BCUT2D eigenvalue weighted by atomic mass is 32.2. The van der Waals surface area contributed by atoms with Crippen LogP contribution >= 0.6 is 11.8 Å². The fraction of sp³-hybridized carbons (Fsp3) is 0.333. The van der Waals surface area contributed by atoms with E-state index in [9.17, 15) is 0 Å². The quantitative estimate of drug-likeness (QED) is 0.397. The Morgan fingerprint density at radius 2 is 2.00 bits per heavy atom. The van der Waals surface area contributed by atoms with Crippen LogP contribution in [0.25, 0.3) is 0 Å². The summed E-state index contributed by atoms with van der Waals surface area (Å²) in [5.41, 5.74) is 0. The zero-order valence-electron chi connectivity index (χ0n) is 7.92. The smallest absolute Gasteiger partial charge is 0.00965 e. The van der Waals surface area contributed by atoms with Crippen molar-refractivity contribution < 1.29 is 0 Å². The van der Waals surface area contributed by atoms with Crippen molar-refractivity contribution in [2.45, 2.75) is 24.7 Å². The summed E-state index contributed by atoms with van der Waals surface area (Å²) in [6, 6.07) is 10.5. The summed E-state index contributed by atoms with van der Waals surface area (Å²) in [6.45, 7) is 1.89. The van der Waals surface area contributed by atoms with Gasteiger partial charge in [-0.05, 0) is 31.2 Å². The molecule has 0 aliphatic rings. The van der Waals surface area contributed by atoms with Crippen LogP contribution in [0.1, 0.15) is 19.8 Å². The molecule has 0 amide bonds. The average Bonchev–Trinajstić information content (AvgIpc) is 2.19. The third-order valence-corrected chi connectivity index (χ3v) is 2.73. The summed E-state index contributed by atoms with van der Waals surface area (Å²) in [7, 11) is 0. The Hall–Kier alpha value is -0.870. The summed E-state index contributed by atoms with van der Waals surface area (Å²) in [5.74, 6) is 7.14. The van der Waals surface area contributed by atoms with Crippen LogP contribution in [0, 0.1) is 11.8 Å². The second-order valence-electron chi connectivity index (χ2n) is 2.69. The molecule has 0 aliphatic carbocycles. The Kier molecular flexibility index (Phi) is 5.20. The first-order chi connectivity index (χ1) is 6.43. The lowest BCUT2D eigenvalue weighted by molar-refractivity contribution is 0.996. The third-order valence-electron chi connectivity index (χ3n) is 1.63. The van der Waals surface area contributed by atoms with E-state index in [0.29, 0.717) is 0 Å². The Bertz CT molecular complexity index is 279. The molecule has 0 unspecified atom stereocenters. The maximum absolute atomic E-state index is 3.07. The minimum Gasteiger partial charge on any atom is -0.126 e. The van der Waals surface area contributed by atoms with Crippen molar-refractivity contribution in [3.05, 3.63) is 30.3 Å². The van der Waals surface area contributed by atoms with Crippen molar-refractivity contribution in [1.29, 1.82) is 0 Å². The molecular formula is C12H14S. The van der Waals surface area contributed by atoms with Gasteiger partial charge in [0.15, 0.2) is 0 Å². The van der Waals surface area contributed by atoms with E-state index in [0.717, 1.165) is 6.42 Å². The Morgan fingerprint density at radius 1 is 1.23 bits per heavy atom. The topological polar surface area (TPSA) is 0 Å². The first-order valence-corrected chi connectivity index (χ1v) is 5.49. The number of hydrogen-bond donors (Lipinski definition) is 0. The Labute approximate surface area is 84.7 Å². The number of thioether (sulfide) groups is 1. The minimum atomic E-state index is 1.02. The highest BCUT2D eigenvalue weighted by Crippen LogP contribution is 2.17. The molecule has 0 atom stereocenters. The molecule has 1 aromatic carbocycles. The van der Waals surface area contributed by atoms with Crippen LogP contribution < -0.4 is 0 Å². The van der Waals surface area contributed by atoms with Crippen LogP contribution in [0.2, 0.25) is 0 Å². The molecular weight excluding hydrogens is 176 g/mol. The molecule has 1 aromatic rings. The lowest BCUT2D eigenvalue weighted by Crippen LogP contribution is -1.78. The molecule has 0 aromatic heterocycles. The summed E-state index contributed by atoms with van der Waals surface area (Å²) >= 11 is 1.90. The zero-order chi connectivity index (χ0) is 9.36. The van der Waals surface area contributed by atoms with Gasteiger partial charge in [0.25, 0.3) is 0 Å². The van der Waals surface area contributed by atoms with Crippen molar-refractivity contribution in [3.63, 3.8) is 0 Å². The standard InChI is InChI=1S/C12H14S/c1-2-3-4-8-11-13-12-9-6-5-7-10-12/h5-7,9-10H,4,8,11H2,1H3. The highest BCUT2D eigenvalue weighted by molar-refractivity contribution is 7.99. The number of unbranched alkanes of at least 4 members (excludes halogenated alkanes) is 1. The number of benzene rings is 1. The zero-order valence-corrected chi connectivity index (χ0v) is 8.73. The van der Waals surface area contributed by atoms with Crippen molar-refractivity contribution in [1.82, 2.24) is 0 Å². The summed E-state index contributed by atoms with van der Waals surface area (Å²) in [5, 5.41) is 0. The van der Waals surface area contributed by atoms with E-state index in [2.05, 4.69) is 36.1 Å². The van der Waals surface area contributed by atoms with Gasteiger partial charge in [0.1, 0.15) is 0 Å². The predicted molar refractivity (Wildman–Crippen MR) is 59.9 cm³/mol. The van der Waals surface area contributed by atoms with E-state index in [1.54, 1.807) is 0 Å². The van der Waals surface area contributed by atoms with Gasteiger partial charge in [-0.2, -0.15) is 0 Å². The maximum atomic E-state index is 3.07. The molecule has 0 fully saturated rings. The van der Waals surface area contributed by atoms with Gasteiger partial charge in [0.2, 0.25) is 0 Å². The van der Waals surface area contributed by atoms with Gasteiger partial charge < -0.3 is 0 Å². The van der Waals surface area contributed by atoms with Crippen LogP contribution in [0.15, 0.2) is 35.2 Å². The van der Waals surface area contributed by atoms with E-state index in [4.69, 9.17) is 0 Å². The summed E-state index contributed by atoms with van der Waals surface area (Å²) in [6.07, 6.45) is 2.21. The Morgan fingerprint density at radius 3 is 2.69 bits per heavy atom. The molecule has 68 valence electrons. The maximum Gasteiger partial charge on any atom is 0.00965 e. The van der Waals surface area contributed by atoms with Crippen LogP contribution in [0.5, 0.6) is 0 Å². The largest absolute Gasteiger partial charge is 0.126 e. The average molecular weight is 190 g/mol. The first-order valence-electron chi connectivity index (χ1n) is 4.51. The number of hydrogen-bond acceptors (Lipinski definition) is 1. The molecule has 0 N–H and O–H groups in total. The molecule has 1 rings (SSSR count). The highest BCUT2D eigenvalue weighted by Gasteiger charge is 1.90. The monoisotopic (exact) mass is 190 g/mol. The molecule has 0 spiro atoms. The molecule has 0 saturated heterocycles. The van der Waals surface area contributed by atoms with Gasteiger partial charge in [0, 0.05) is 11.3 Å². The second-order valence-corrected chi connectivity index (χ2v) is 3.86. The van der Waals surface area contributed by atoms with Gasteiger partial charge in [-0.1, -0.05) is 18.2 Å². The van der Waals surface area contributed by atoms with E-state index in [1.165, 1.54) is 17.1 Å². The third kappa shape index (κ3) is 4.65. The second kappa shape index (κ2) is 6.62. The van der Waals surface area contributed by atoms with Crippen molar-refractivity contribution >= 4 is 11.8 Å². The van der Waals surface area contributed by atoms with E-state index >= 15 is 0 Å². The van der Waals surface area contributed by atoms with Crippen LogP contribution in [-0.2, 0) is 0 Å². The van der Waals surface area contributed by atoms with E-state index < -0.39 is 0 Å². The lowest BCUT2D eigenvalue weighted by Gasteiger charge is -1.98. The lowest BCUT2D eigenvalue weighted by atomic mass is 10.3. The van der Waals surface area contributed by atoms with Gasteiger partial charge in [-0.15, -0.1) is 23.6 Å². The van der Waals surface area contributed by atoms with Crippen molar-refractivity contribution in [2.75, 3.05) is 5.75 Å². The summed E-state index contributed by atoms with van der Waals surface area (Å²) in [4.78, 5) is 1.35. The van der Waals surface area contributed by atoms with Crippen molar-refractivity contribution in [3.8, 4) is 11.8 Å². The van der Waals surface area contributed by atoms with Gasteiger partial charge in [-0.3, -0.25) is 0 Å². The van der Waals surface area contributed by atoms with E-state index in [1.807, 2.05) is 24.8 Å². The van der Waals surface area contributed by atoms with Crippen molar-refractivity contribution in [2.24, 2.45) is 0 Å². The molecule has 0 aliphatic heterocycles. The molecule has 0 heterocycles. The number of rotatable bonds is 4. The molecule has 1 heteroatoms.